The predicted octanol–water partition coefficient (Wildman–Crippen LogP) is 4.09. The zero-order valence-electron chi connectivity index (χ0n) is 17.5. The Morgan fingerprint density at radius 3 is 2.52 bits per heavy atom. The fourth-order valence-electron chi connectivity index (χ4n) is 4.31. The van der Waals surface area contributed by atoms with Crippen LogP contribution in [0.1, 0.15) is 43.9 Å². The minimum Gasteiger partial charge on any atom is -0.384 e. The number of nitrogens with zero attached hydrogens (tertiary/aromatic N) is 3. The van der Waals surface area contributed by atoms with Gasteiger partial charge >= 0.3 is 0 Å². The molecule has 0 atom stereocenters. The summed E-state index contributed by atoms with van der Waals surface area (Å²) >= 11 is 0. The van der Waals surface area contributed by atoms with E-state index < -0.39 is 0 Å². The SMILES string of the molecule is CCc1cc(-c2ccc(N)nc2C)cc2cnc(NC3CCC(NC)CC3)nc12. The van der Waals surface area contributed by atoms with Gasteiger partial charge < -0.3 is 16.4 Å². The van der Waals surface area contributed by atoms with Crippen molar-refractivity contribution in [3.63, 3.8) is 0 Å². The molecule has 1 aliphatic carbocycles. The summed E-state index contributed by atoms with van der Waals surface area (Å²) in [6, 6.07) is 9.35. The summed E-state index contributed by atoms with van der Waals surface area (Å²) in [5.74, 6) is 1.28. The molecule has 2 heterocycles. The Hall–Kier alpha value is -2.73. The summed E-state index contributed by atoms with van der Waals surface area (Å²) in [6.07, 6.45) is 7.54. The third kappa shape index (κ3) is 4.17. The number of hydrogen-bond acceptors (Lipinski definition) is 6. The summed E-state index contributed by atoms with van der Waals surface area (Å²) in [5.41, 5.74) is 11.2. The van der Waals surface area contributed by atoms with Crippen molar-refractivity contribution in [2.75, 3.05) is 18.1 Å². The Bertz CT molecular complexity index is 1010. The number of rotatable bonds is 5. The van der Waals surface area contributed by atoms with Gasteiger partial charge in [0.15, 0.2) is 0 Å². The van der Waals surface area contributed by atoms with Gasteiger partial charge in [-0.1, -0.05) is 6.92 Å². The molecule has 0 aliphatic heterocycles. The molecule has 0 amide bonds. The number of anilines is 2. The second-order valence-electron chi connectivity index (χ2n) is 7.97. The molecule has 0 saturated heterocycles. The quantitative estimate of drug-likeness (QED) is 0.608. The van der Waals surface area contributed by atoms with E-state index in [0.29, 0.717) is 17.9 Å². The van der Waals surface area contributed by atoms with E-state index in [-0.39, 0.29) is 0 Å². The molecule has 4 rings (SSSR count). The van der Waals surface area contributed by atoms with Crippen molar-refractivity contribution in [3.05, 3.63) is 41.7 Å². The first-order chi connectivity index (χ1) is 14.1. The third-order valence-electron chi connectivity index (χ3n) is 6.03. The number of nitrogen functional groups attached to an aromatic ring is 1. The first kappa shape index (κ1) is 19.6. The van der Waals surface area contributed by atoms with Crippen LogP contribution in [0.4, 0.5) is 11.8 Å². The molecular weight excluding hydrogens is 360 g/mol. The van der Waals surface area contributed by atoms with Crippen molar-refractivity contribution in [1.29, 1.82) is 0 Å². The molecule has 1 aliphatic rings. The molecule has 2 aromatic heterocycles. The predicted molar refractivity (Wildman–Crippen MR) is 120 cm³/mol. The molecule has 152 valence electrons. The fourth-order valence-corrected chi connectivity index (χ4v) is 4.31. The van der Waals surface area contributed by atoms with Crippen LogP contribution >= 0.6 is 0 Å². The highest BCUT2D eigenvalue weighted by atomic mass is 15.1. The fraction of sp³-hybridized carbons (Fsp3) is 0.435. The highest BCUT2D eigenvalue weighted by molar-refractivity contribution is 5.88. The van der Waals surface area contributed by atoms with E-state index in [4.69, 9.17) is 10.7 Å². The number of aromatic nitrogens is 3. The lowest BCUT2D eigenvalue weighted by Gasteiger charge is -2.28. The standard InChI is InChI=1S/C23H30N6/c1-4-15-11-16(20-9-10-21(24)27-14(20)2)12-17-13-26-23(29-22(15)17)28-19-7-5-18(25-3)6-8-19/h9-13,18-19,25H,4-8H2,1-3H3,(H2,24,27)(H,26,28,29). The molecule has 4 N–H and O–H groups in total. The van der Waals surface area contributed by atoms with E-state index in [1.54, 1.807) is 0 Å². The summed E-state index contributed by atoms with van der Waals surface area (Å²) in [5, 5.41) is 8.00. The van der Waals surface area contributed by atoms with Gasteiger partial charge in [0.2, 0.25) is 5.95 Å². The molecule has 1 saturated carbocycles. The van der Waals surface area contributed by atoms with Gasteiger partial charge in [-0.3, -0.25) is 0 Å². The van der Waals surface area contributed by atoms with E-state index in [0.717, 1.165) is 52.9 Å². The van der Waals surface area contributed by atoms with Crippen molar-refractivity contribution in [2.24, 2.45) is 0 Å². The monoisotopic (exact) mass is 390 g/mol. The van der Waals surface area contributed by atoms with Crippen LogP contribution < -0.4 is 16.4 Å². The number of benzene rings is 1. The molecule has 3 aromatic rings. The molecule has 0 radical (unpaired) electrons. The van der Waals surface area contributed by atoms with E-state index >= 15 is 0 Å². The van der Waals surface area contributed by atoms with E-state index in [1.807, 2.05) is 32.3 Å². The summed E-state index contributed by atoms with van der Waals surface area (Å²) in [7, 11) is 2.05. The first-order valence-corrected chi connectivity index (χ1v) is 10.5. The Morgan fingerprint density at radius 2 is 1.83 bits per heavy atom. The van der Waals surface area contributed by atoms with Gasteiger partial charge in [-0.25, -0.2) is 15.0 Å². The Labute approximate surface area is 172 Å². The number of nitrogens with two attached hydrogens (primary N) is 1. The van der Waals surface area contributed by atoms with Crippen molar-refractivity contribution >= 4 is 22.7 Å². The molecule has 6 heteroatoms. The number of nitrogens with one attached hydrogen (secondary N) is 2. The minimum atomic E-state index is 0.449. The Kier molecular flexibility index (Phi) is 5.62. The van der Waals surface area contributed by atoms with Crippen LogP contribution in [0.15, 0.2) is 30.5 Å². The van der Waals surface area contributed by atoms with Crippen molar-refractivity contribution in [1.82, 2.24) is 20.3 Å². The normalized spacial score (nSPS) is 19.4. The number of fused-ring (bicyclic) bond motifs is 1. The topological polar surface area (TPSA) is 88.8 Å². The molecule has 0 bridgehead atoms. The molecule has 0 unspecified atom stereocenters. The second-order valence-corrected chi connectivity index (χ2v) is 7.97. The van der Waals surface area contributed by atoms with Crippen LogP contribution in [0.2, 0.25) is 0 Å². The zero-order chi connectivity index (χ0) is 20.4. The van der Waals surface area contributed by atoms with Crippen LogP contribution in [0.5, 0.6) is 0 Å². The van der Waals surface area contributed by atoms with Crippen LogP contribution in [0.3, 0.4) is 0 Å². The largest absolute Gasteiger partial charge is 0.384 e. The van der Waals surface area contributed by atoms with Gasteiger partial charge in [0.25, 0.3) is 0 Å². The smallest absolute Gasteiger partial charge is 0.223 e. The maximum absolute atomic E-state index is 5.82. The summed E-state index contributed by atoms with van der Waals surface area (Å²) in [4.78, 5) is 13.9. The van der Waals surface area contributed by atoms with Crippen molar-refractivity contribution < 1.29 is 0 Å². The lowest BCUT2D eigenvalue weighted by atomic mass is 9.91. The lowest BCUT2D eigenvalue weighted by Crippen LogP contribution is -2.35. The number of pyridine rings is 1. The highest BCUT2D eigenvalue weighted by Gasteiger charge is 2.20. The van der Waals surface area contributed by atoms with Crippen molar-refractivity contribution in [3.8, 4) is 11.1 Å². The van der Waals surface area contributed by atoms with Gasteiger partial charge in [-0.05, 0) is 81.5 Å². The zero-order valence-corrected chi connectivity index (χ0v) is 17.5. The molecule has 1 fully saturated rings. The molecule has 6 nitrogen and oxygen atoms in total. The Morgan fingerprint density at radius 1 is 1.07 bits per heavy atom. The maximum atomic E-state index is 5.82. The lowest BCUT2D eigenvalue weighted by molar-refractivity contribution is 0.370. The highest BCUT2D eigenvalue weighted by Crippen LogP contribution is 2.30. The molecule has 0 spiro atoms. The summed E-state index contributed by atoms with van der Waals surface area (Å²) in [6.45, 7) is 4.16. The van der Waals surface area contributed by atoms with Crippen LogP contribution in [0, 0.1) is 6.92 Å². The van der Waals surface area contributed by atoms with E-state index in [9.17, 15) is 0 Å². The number of hydrogen-bond donors (Lipinski definition) is 3. The Balaban J connectivity index is 1.63. The average Bonchev–Trinajstić information content (AvgIpc) is 2.73. The van der Waals surface area contributed by atoms with Crippen LogP contribution in [0.25, 0.3) is 22.0 Å². The van der Waals surface area contributed by atoms with E-state index in [2.05, 4.69) is 39.7 Å². The first-order valence-electron chi connectivity index (χ1n) is 10.5. The maximum Gasteiger partial charge on any atom is 0.223 e. The average molecular weight is 391 g/mol. The second kappa shape index (κ2) is 8.33. The number of aryl methyl sites for hydroxylation is 2. The molecule has 1 aromatic carbocycles. The molecular formula is C23H30N6. The van der Waals surface area contributed by atoms with Crippen molar-refractivity contribution in [2.45, 2.75) is 58.0 Å². The van der Waals surface area contributed by atoms with Gasteiger partial charge in [-0.2, -0.15) is 0 Å². The van der Waals surface area contributed by atoms with E-state index in [1.165, 1.54) is 18.4 Å². The van der Waals surface area contributed by atoms with Gasteiger partial charge in [0.05, 0.1) is 5.52 Å². The van der Waals surface area contributed by atoms with Gasteiger partial charge in [-0.15, -0.1) is 0 Å². The van der Waals surface area contributed by atoms with Gasteiger partial charge in [0.1, 0.15) is 5.82 Å². The van der Waals surface area contributed by atoms with Crippen LogP contribution in [-0.2, 0) is 6.42 Å². The third-order valence-corrected chi connectivity index (χ3v) is 6.03. The summed E-state index contributed by atoms with van der Waals surface area (Å²) < 4.78 is 0. The molecule has 29 heavy (non-hydrogen) atoms. The van der Waals surface area contributed by atoms with Crippen LogP contribution in [-0.4, -0.2) is 34.1 Å². The minimum absolute atomic E-state index is 0.449. The van der Waals surface area contributed by atoms with Gasteiger partial charge in [0, 0.05) is 34.9 Å².